The third kappa shape index (κ3) is 4.56. The summed E-state index contributed by atoms with van der Waals surface area (Å²) in [5.74, 6) is 0.488. The molecule has 0 aliphatic heterocycles. The molecule has 0 spiro atoms. The Labute approximate surface area is 139 Å². The van der Waals surface area contributed by atoms with E-state index in [1.807, 2.05) is 12.1 Å². The molecule has 1 radical (unpaired) electrons. The fraction of sp³-hybridized carbons (Fsp3) is 0.217. The summed E-state index contributed by atoms with van der Waals surface area (Å²) in [6.07, 6.45) is 4.85. The quantitative estimate of drug-likeness (QED) is 0.467. The fourth-order valence-electron chi connectivity index (χ4n) is 3.17. The Kier molecular flexibility index (Phi) is 5.64. The molecule has 0 aliphatic carbocycles. The SMILES string of the molecule is [c]1ccc(C(CCCCc2ccccc2)c2ccccc2)cc1. The van der Waals surface area contributed by atoms with Crippen LogP contribution in [0, 0.1) is 6.07 Å². The van der Waals surface area contributed by atoms with Crippen molar-refractivity contribution in [1.82, 2.24) is 0 Å². The molecule has 115 valence electrons. The maximum absolute atomic E-state index is 3.13. The molecule has 0 nitrogen and oxygen atoms in total. The molecule has 3 rings (SSSR count). The van der Waals surface area contributed by atoms with E-state index < -0.39 is 0 Å². The van der Waals surface area contributed by atoms with Gasteiger partial charge < -0.3 is 0 Å². The van der Waals surface area contributed by atoms with Crippen molar-refractivity contribution in [3.63, 3.8) is 0 Å². The van der Waals surface area contributed by atoms with Crippen molar-refractivity contribution in [3.8, 4) is 0 Å². The minimum atomic E-state index is 0.488. The van der Waals surface area contributed by atoms with E-state index in [-0.39, 0.29) is 0 Å². The highest BCUT2D eigenvalue weighted by Gasteiger charge is 2.13. The lowest BCUT2D eigenvalue weighted by molar-refractivity contribution is 0.626. The molecule has 0 bridgehead atoms. The first-order valence-corrected chi connectivity index (χ1v) is 8.48. The summed E-state index contributed by atoms with van der Waals surface area (Å²) in [4.78, 5) is 0. The summed E-state index contributed by atoms with van der Waals surface area (Å²) in [6.45, 7) is 0. The van der Waals surface area contributed by atoms with Crippen LogP contribution >= 0.6 is 0 Å². The molecule has 3 aromatic rings. The van der Waals surface area contributed by atoms with Crippen LogP contribution in [-0.2, 0) is 6.42 Å². The number of hydrogen-bond donors (Lipinski definition) is 0. The maximum atomic E-state index is 3.13. The summed E-state index contributed by atoms with van der Waals surface area (Å²) < 4.78 is 0. The van der Waals surface area contributed by atoms with Gasteiger partial charge in [0.1, 0.15) is 0 Å². The molecule has 3 aromatic carbocycles. The molecular formula is C23H23. The first-order chi connectivity index (χ1) is 11.4. The van der Waals surface area contributed by atoms with Gasteiger partial charge in [-0.1, -0.05) is 91.3 Å². The summed E-state index contributed by atoms with van der Waals surface area (Å²) in [5.41, 5.74) is 4.26. The Morgan fingerprint density at radius 3 is 1.96 bits per heavy atom. The number of benzene rings is 3. The Bertz CT molecular complexity index is 632. The second-order valence-electron chi connectivity index (χ2n) is 6.03. The van der Waals surface area contributed by atoms with Crippen molar-refractivity contribution in [3.05, 3.63) is 108 Å². The lowest BCUT2D eigenvalue weighted by atomic mass is 9.86. The van der Waals surface area contributed by atoms with E-state index in [0.29, 0.717) is 5.92 Å². The smallest absolute Gasteiger partial charge is 0.00893 e. The number of rotatable bonds is 7. The zero-order valence-corrected chi connectivity index (χ0v) is 13.5. The lowest BCUT2D eigenvalue weighted by Gasteiger charge is -2.18. The lowest BCUT2D eigenvalue weighted by Crippen LogP contribution is -2.01. The average molecular weight is 299 g/mol. The predicted octanol–water partition coefficient (Wildman–Crippen LogP) is 6.03. The van der Waals surface area contributed by atoms with E-state index in [4.69, 9.17) is 0 Å². The van der Waals surface area contributed by atoms with Crippen LogP contribution in [0.5, 0.6) is 0 Å². The molecule has 1 unspecified atom stereocenters. The highest BCUT2D eigenvalue weighted by atomic mass is 14.2. The summed E-state index contributed by atoms with van der Waals surface area (Å²) in [6, 6.07) is 33.2. The van der Waals surface area contributed by atoms with Crippen LogP contribution in [0.25, 0.3) is 0 Å². The van der Waals surface area contributed by atoms with Crippen molar-refractivity contribution in [1.29, 1.82) is 0 Å². The minimum Gasteiger partial charge on any atom is -0.0622 e. The first-order valence-electron chi connectivity index (χ1n) is 8.48. The van der Waals surface area contributed by atoms with Crippen molar-refractivity contribution < 1.29 is 0 Å². The standard InChI is InChI=1S/C23H23/c1-4-12-20(13-5-1)14-10-11-19-23(21-15-6-2-7-16-21)22-17-8-3-9-18-22/h1-2,4-9,12-13,15-18,23H,10-11,14,19H2. The van der Waals surface area contributed by atoms with Gasteiger partial charge in [-0.3, -0.25) is 0 Å². The van der Waals surface area contributed by atoms with Gasteiger partial charge in [0.15, 0.2) is 0 Å². The molecule has 0 aromatic heterocycles. The van der Waals surface area contributed by atoms with Crippen LogP contribution < -0.4 is 0 Å². The largest absolute Gasteiger partial charge is 0.0622 e. The molecule has 0 N–H and O–H groups in total. The third-order valence-corrected chi connectivity index (χ3v) is 4.40. The van der Waals surface area contributed by atoms with E-state index in [1.54, 1.807) is 0 Å². The molecule has 0 heterocycles. The van der Waals surface area contributed by atoms with E-state index >= 15 is 0 Å². The predicted molar refractivity (Wildman–Crippen MR) is 97.6 cm³/mol. The average Bonchev–Trinajstić information content (AvgIpc) is 2.64. The summed E-state index contributed by atoms with van der Waals surface area (Å²) in [7, 11) is 0. The number of aryl methyl sites for hydroxylation is 1. The normalized spacial score (nSPS) is 10.8. The highest BCUT2D eigenvalue weighted by Crippen LogP contribution is 2.29. The second-order valence-corrected chi connectivity index (χ2v) is 6.03. The zero-order valence-electron chi connectivity index (χ0n) is 13.5. The van der Waals surface area contributed by atoms with Gasteiger partial charge in [-0.05, 0) is 42.0 Å². The Morgan fingerprint density at radius 2 is 1.26 bits per heavy atom. The fourth-order valence-corrected chi connectivity index (χ4v) is 3.17. The molecule has 1 atom stereocenters. The summed E-state index contributed by atoms with van der Waals surface area (Å²) in [5, 5.41) is 0. The summed E-state index contributed by atoms with van der Waals surface area (Å²) >= 11 is 0. The van der Waals surface area contributed by atoms with Crippen molar-refractivity contribution in [2.45, 2.75) is 31.6 Å². The molecule has 0 saturated heterocycles. The zero-order chi connectivity index (χ0) is 15.7. The molecule has 0 heteroatoms. The van der Waals surface area contributed by atoms with Crippen molar-refractivity contribution in [2.75, 3.05) is 0 Å². The molecule has 0 aliphatic rings. The van der Waals surface area contributed by atoms with E-state index in [1.165, 1.54) is 42.4 Å². The van der Waals surface area contributed by atoms with Gasteiger partial charge in [-0.2, -0.15) is 0 Å². The van der Waals surface area contributed by atoms with Crippen LogP contribution in [0.2, 0.25) is 0 Å². The molecular weight excluding hydrogens is 276 g/mol. The van der Waals surface area contributed by atoms with Gasteiger partial charge in [-0.15, -0.1) is 0 Å². The highest BCUT2D eigenvalue weighted by molar-refractivity contribution is 5.32. The topological polar surface area (TPSA) is 0 Å². The van der Waals surface area contributed by atoms with Gasteiger partial charge in [0.05, 0.1) is 0 Å². The molecule has 0 fully saturated rings. The van der Waals surface area contributed by atoms with Crippen LogP contribution in [0.15, 0.2) is 84.9 Å². The molecule has 23 heavy (non-hydrogen) atoms. The van der Waals surface area contributed by atoms with E-state index in [2.05, 4.69) is 78.9 Å². The third-order valence-electron chi connectivity index (χ3n) is 4.40. The van der Waals surface area contributed by atoms with E-state index in [0.717, 1.165) is 0 Å². The number of unbranched alkanes of at least 4 members (excludes halogenated alkanes) is 1. The van der Waals surface area contributed by atoms with Crippen molar-refractivity contribution >= 4 is 0 Å². The van der Waals surface area contributed by atoms with E-state index in [9.17, 15) is 0 Å². The Balaban J connectivity index is 1.63. The van der Waals surface area contributed by atoms with Gasteiger partial charge in [0.25, 0.3) is 0 Å². The van der Waals surface area contributed by atoms with Crippen LogP contribution in [-0.4, -0.2) is 0 Å². The molecule has 0 saturated carbocycles. The number of hydrogen-bond acceptors (Lipinski definition) is 0. The molecule has 0 amide bonds. The van der Waals surface area contributed by atoms with Gasteiger partial charge >= 0.3 is 0 Å². The Hall–Kier alpha value is -2.34. The van der Waals surface area contributed by atoms with Crippen LogP contribution in [0.4, 0.5) is 0 Å². The monoisotopic (exact) mass is 299 g/mol. The van der Waals surface area contributed by atoms with Gasteiger partial charge in [0.2, 0.25) is 0 Å². The van der Waals surface area contributed by atoms with Gasteiger partial charge in [0, 0.05) is 5.92 Å². The van der Waals surface area contributed by atoms with Gasteiger partial charge in [-0.25, -0.2) is 0 Å². The maximum Gasteiger partial charge on any atom is 0.00893 e. The van der Waals surface area contributed by atoms with Crippen LogP contribution in [0.1, 0.15) is 41.9 Å². The first kappa shape index (κ1) is 15.6. The Morgan fingerprint density at radius 1 is 0.652 bits per heavy atom. The minimum absolute atomic E-state index is 0.488. The second kappa shape index (κ2) is 8.33. The van der Waals surface area contributed by atoms with Crippen LogP contribution in [0.3, 0.4) is 0 Å². The van der Waals surface area contributed by atoms with Crippen molar-refractivity contribution in [2.24, 2.45) is 0 Å².